The highest BCUT2D eigenvalue weighted by Crippen LogP contribution is 2.36. The summed E-state index contributed by atoms with van der Waals surface area (Å²) in [5, 5.41) is 11.5. The van der Waals surface area contributed by atoms with Gasteiger partial charge >= 0.3 is 0 Å². The van der Waals surface area contributed by atoms with Gasteiger partial charge in [0.05, 0.1) is 4.92 Å². The van der Waals surface area contributed by atoms with E-state index in [4.69, 9.17) is 9.46 Å². The van der Waals surface area contributed by atoms with Crippen LogP contribution in [0.2, 0.25) is 18.1 Å². The van der Waals surface area contributed by atoms with Crippen LogP contribution in [0.15, 0.2) is 24.4 Å². The summed E-state index contributed by atoms with van der Waals surface area (Å²) in [6.45, 7) is 18.6. The first kappa shape index (κ1) is 21.5. The SMILES string of the molecule is C=C(COO[Si](C)(C)C(C)(C)C)Cc1ccnc(C(C)C)c1[N+](=O)[O-]. The lowest BCUT2D eigenvalue weighted by molar-refractivity contribution is -0.386. The Morgan fingerprint density at radius 1 is 1.40 bits per heavy atom. The van der Waals surface area contributed by atoms with Crippen molar-refractivity contribution in [2.24, 2.45) is 0 Å². The number of hydrogen-bond donors (Lipinski definition) is 0. The molecule has 0 aliphatic carbocycles. The summed E-state index contributed by atoms with van der Waals surface area (Å²) in [5.41, 5.74) is 1.89. The smallest absolute Gasteiger partial charge is 0.286 e. The van der Waals surface area contributed by atoms with Gasteiger partial charge in [-0.05, 0) is 29.8 Å². The van der Waals surface area contributed by atoms with Gasteiger partial charge in [0.25, 0.3) is 5.69 Å². The topological polar surface area (TPSA) is 74.5 Å². The Bertz CT molecular complexity index is 636. The van der Waals surface area contributed by atoms with E-state index in [1.54, 1.807) is 12.3 Å². The van der Waals surface area contributed by atoms with E-state index in [0.29, 0.717) is 17.7 Å². The fourth-order valence-corrected chi connectivity index (χ4v) is 2.60. The van der Waals surface area contributed by atoms with Crippen LogP contribution in [0.4, 0.5) is 5.69 Å². The minimum Gasteiger partial charge on any atom is -0.286 e. The molecule has 1 heterocycles. The number of rotatable bonds is 8. The molecule has 0 bridgehead atoms. The quantitative estimate of drug-likeness (QED) is 0.209. The van der Waals surface area contributed by atoms with Crippen LogP contribution >= 0.6 is 0 Å². The van der Waals surface area contributed by atoms with E-state index >= 15 is 0 Å². The van der Waals surface area contributed by atoms with Crippen molar-refractivity contribution in [1.29, 1.82) is 0 Å². The zero-order valence-electron chi connectivity index (χ0n) is 16.4. The summed E-state index contributed by atoms with van der Waals surface area (Å²) in [6.07, 6.45) is 1.97. The molecular weight excluding hydrogens is 336 g/mol. The molecule has 0 radical (unpaired) electrons. The highest BCUT2D eigenvalue weighted by molar-refractivity contribution is 6.73. The monoisotopic (exact) mass is 366 g/mol. The van der Waals surface area contributed by atoms with Gasteiger partial charge in [-0.2, -0.15) is 0 Å². The van der Waals surface area contributed by atoms with Crippen LogP contribution < -0.4 is 0 Å². The average molecular weight is 367 g/mol. The predicted molar refractivity (Wildman–Crippen MR) is 102 cm³/mol. The van der Waals surface area contributed by atoms with Crippen LogP contribution in [0.1, 0.15) is 51.8 Å². The molecule has 0 saturated heterocycles. The summed E-state index contributed by atoms with van der Waals surface area (Å²) in [4.78, 5) is 20.7. The highest BCUT2D eigenvalue weighted by atomic mass is 28.4. The van der Waals surface area contributed by atoms with Crippen LogP contribution in [-0.2, 0) is 15.9 Å². The number of nitrogens with zero attached hydrogens (tertiary/aromatic N) is 2. The Kier molecular flexibility index (Phi) is 7.05. The van der Waals surface area contributed by atoms with E-state index in [1.807, 2.05) is 13.8 Å². The number of aromatic nitrogens is 1. The standard InChI is InChI=1S/C18H30N2O4Si/c1-13(2)16-17(20(21)22)15(9-10-19-16)11-14(3)12-23-24-25(7,8)18(4,5)6/h9-10,13H,3,11-12H2,1-2,4-8H3. The number of pyridine rings is 1. The highest BCUT2D eigenvalue weighted by Gasteiger charge is 2.39. The first-order chi connectivity index (χ1) is 11.4. The van der Waals surface area contributed by atoms with Crippen LogP contribution in [0.5, 0.6) is 0 Å². The fourth-order valence-electron chi connectivity index (χ4n) is 1.99. The Hall–Kier alpha value is -1.57. The van der Waals surface area contributed by atoms with Crippen LogP contribution in [0.25, 0.3) is 0 Å². The summed E-state index contributed by atoms with van der Waals surface area (Å²) < 4.78 is 5.67. The molecule has 0 saturated carbocycles. The van der Waals surface area contributed by atoms with Crippen molar-refractivity contribution in [2.45, 2.75) is 65.1 Å². The molecule has 0 fully saturated rings. The van der Waals surface area contributed by atoms with Crippen molar-refractivity contribution < 1.29 is 14.4 Å². The Balaban J connectivity index is 2.79. The Morgan fingerprint density at radius 2 is 2.00 bits per heavy atom. The molecule has 1 aromatic heterocycles. The van der Waals surface area contributed by atoms with Gasteiger partial charge in [-0.3, -0.25) is 19.7 Å². The third kappa shape index (κ3) is 5.73. The molecule has 0 spiro atoms. The van der Waals surface area contributed by atoms with E-state index in [9.17, 15) is 10.1 Å². The summed E-state index contributed by atoms with van der Waals surface area (Å²) in [5.74, 6) is -0.0215. The third-order valence-electron chi connectivity index (χ3n) is 4.54. The van der Waals surface area contributed by atoms with Gasteiger partial charge in [-0.15, -0.1) is 0 Å². The van der Waals surface area contributed by atoms with Gasteiger partial charge in [-0.1, -0.05) is 41.2 Å². The van der Waals surface area contributed by atoms with E-state index in [-0.39, 0.29) is 28.2 Å². The molecule has 0 aliphatic rings. The van der Waals surface area contributed by atoms with Crippen molar-refractivity contribution in [3.05, 3.63) is 45.8 Å². The Morgan fingerprint density at radius 3 is 2.48 bits per heavy atom. The molecule has 140 valence electrons. The second-order valence-corrected chi connectivity index (χ2v) is 12.8. The van der Waals surface area contributed by atoms with Crippen molar-refractivity contribution in [3.8, 4) is 0 Å². The van der Waals surface area contributed by atoms with E-state index < -0.39 is 8.32 Å². The van der Waals surface area contributed by atoms with E-state index in [0.717, 1.165) is 5.57 Å². The summed E-state index contributed by atoms with van der Waals surface area (Å²) >= 11 is 0. The normalized spacial score (nSPS) is 12.5. The number of hydrogen-bond acceptors (Lipinski definition) is 5. The van der Waals surface area contributed by atoms with Gasteiger partial charge in [0.15, 0.2) is 0 Å². The molecule has 1 rings (SSSR count). The van der Waals surface area contributed by atoms with Crippen molar-refractivity contribution in [2.75, 3.05) is 6.61 Å². The molecule has 7 heteroatoms. The molecule has 0 atom stereocenters. The molecule has 0 unspecified atom stereocenters. The maximum Gasteiger partial charge on any atom is 0.294 e. The minimum absolute atomic E-state index is 0.0215. The average Bonchev–Trinajstić information content (AvgIpc) is 2.45. The van der Waals surface area contributed by atoms with Crippen LogP contribution in [0, 0.1) is 10.1 Å². The van der Waals surface area contributed by atoms with E-state index in [2.05, 4.69) is 45.4 Å². The lowest BCUT2D eigenvalue weighted by atomic mass is 10.0. The minimum atomic E-state index is -2.00. The lowest BCUT2D eigenvalue weighted by Gasteiger charge is -2.34. The Labute approximate surface area is 151 Å². The molecule has 0 N–H and O–H groups in total. The maximum atomic E-state index is 11.5. The molecule has 0 amide bonds. The van der Waals surface area contributed by atoms with Gasteiger partial charge in [-0.25, -0.2) is 4.89 Å². The van der Waals surface area contributed by atoms with Crippen LogP contribution in [-0.4, -0.2) is 24.8 Å². The van der Waals surface area contributed by atoms with Gasteiger partial charge in [0, 0.05) is 24.1 Å². The third-order valence-corrected chi connectivity index (χ3v) is 8.69. The first-order valence-corrected chi connectivity index (χ1v) is 11.4. The summed E-state index contributed by atoms with van der Waals surface area (Å²) in [6, 6.07) is 1.67. The van der Waals surface area contributed by atoms with Crippen molar-refractivity contribution >= 4 is 14.0 Å². The van der Waals surface area contributed by atoms with E-state index in [1.165, 1.54) is 0 Å². The van der Waals surface area contributed by atoms with Gasteiger partial charge in [0.1, 0.15) is 12.3 Å². The first-order valence-electron chi connectivity index (χ1n) is 8.46. The zero-order valence-corrected chi connectivity index (χ0v) is 17.4. The van der Waals surface area contributed by atoms with Crippen LogP contribution in [0.3, 0.4) is 0 Å². The largest absolute Gasteiger partial charge is 0.294 e. The molecule has 6 nitrogen and oxygen atoms in total. The fraction of sp³-hybridized carbons (Fsp3) is 0.611. The second-order valence-electron chi connectivity index (χ2n) is 8.15. The number of nitro groups is 1. The second kappa shape index (κ2) is 8.20. The maximum absolute atomic E-state index is 11.5. The predicted octanol–water partition coefficient (Wildman–Crippen LogP) is 5.17. The summed E-state index contributed by atoms with van der Waals surface area (Å²) in [7, 11) is -2.00. The molecule has 0 aliphatic heterocycles. The van der Waals surface area contributed by atoms with Gasteiger partial charge in [0.2, 0.25) is 8.32 Å². The van der Waals surface area contributed by atoms with Crippen molar-refractivity contribution in [1.82, 2.24) is 4.98 Å². The molecule has 0 aromatic carbocycles. The van der Waals surface area contributed by atoms with Gasteiger partial charge < -0.3 is 0 Å². The zero-order chi connectivity index (χ0) is 19.4. The molecular formula is C18H30N2O4Si. The molecule has 25 heavy (non-hydrogen) atoms. The molecule has 1 aromatic rings. The van der Waals surface area contributed by atoms with Crippen molar-refractivity contribution in [3.63, 3.8) is 0 Å². The lowest BCUT2D eigenvalue weighted by Crippen LogP contribution is -2.40.